The number of hydrogen-bond donors (Lipinski definition) is 0. The lowest BCUT2D eigenvalue weighted by Gasteiger charge is -2.28. The Kier molecular flexibility index (Phi) is 7.12. The second-order valence-electron chi connectivity index (χ2n) is 8.26. The van der Waals surface area contributed by atoms with E-state index in [2.05, 4.69) is 4.90 Å². The monoisotopic (exact) mass is 407 g/mol. The van der Waals surface area contributed by atoms with Crippen molar-refractivity contribution in [2.45, 2.75) is 43.4 Å². The van der Waals surface area contributed by atoms with Crippen LogP contribution in [-0.4, -0.2) is 75.2 Å². The normalized spacial score (nSPS) is 20.3. The van der Waals surface area contributed by atoms with Gasteiger partial charge in [0, 0.05) is 45.8 Å². The Hall–Kier alpha value is -1.44. The van der Waals surface area contributed by atoms with Gasteiger partial charge >= 0.3 is 0 Å². The number of nitrogens with zero attached hydrogens (tertiary/aromatic N) is 3. The molecule has 1 aromatic carbocycles. The van der Waals surface area contributed by atoms with Crippen molar-refractivity contribution in [1.29, 1.82) is 0 Å². The van der Waals surface area contributed by atoms with Crippen LogP contribution in [0.3, 0.4) is 0 Å². The van der Waals surface area contributed by atoms with Crippen LogP contribution >= 0.6 is 0 Å². The van der Waals surface area contributed by atoms with Gasteiger partial charge in [-0.05, 0) is 56.0 Å². The Bertz CT molecular complexity index is 756. The number of carbonyl (C=O) groups is 1. The largest absolute Gasteiger partial charge is 0.337 e. The van der Waals surface area contributed by atoms with Crippen LogP contribution < -0.4 is 0 Å². The number of amides is 1. The van der Waals surface area contributed by atoms with Crippen molar-refractivity contribution < 1.29 is 13.2 Å². The maximum Gasteiger partial charge on any atom is 0.253 e. The predicted octanol–water partition coefficient (Wildman–Crippen LogP) is 2.67. The average molecular weight is 408 g/mol. The molecule has 2 fully saturated rings. The smallest absolute Gasteiger partial charge is 0.253 e. The Morgan fingerprint density at radius 3 is 2.29 bits per heavy atom. The van der Waals surface area contributed by atoms with E-state index in [1.54, 1.807) is 12.1 Å². The first-order valence-corrected chi connectivity index (χ1v) is 11.9. The third kappa shape index (κ3) is 5.13. The van der Waals surface area contributed by atoms with Gasteiger partial charge in [0.2, 0.25) is 10.0 Å². The van der Waals surface area contributed by atoms with Crippen LogP contribution in [-0.2, 0) is 10.0 Å². The van der Waals surface area contributed by atoms with Crippen molar-refractivity contribution in [3.05, 3.63) is 29.8 Å². The van der Waals surface area contributed by atoms with E-state index in [0.29, 0.717) is 5.56 Å². The van der Waals surface area contributed by atoms with Crippen LogP contribution in [0.2, 0.25) is 0 Å². The molecule has 0 unspecified atom stereocenters. The number of benzene rings is 1. The molecule has 1 amide bonds. The fraction of sp³-hybridized carbons (Fsp3) is 0.667. The minimum Gasteiger partial charge on any atom is -0.337 e. The summed E-state index contributed by atoms with van der Waals surface area (Å²) in [5.41, 5.74) is 0.554. The molecule has 1 aliphatic heterocycles. The van der Waals surface area contributed by atoms with E-state index in [0.717, 1.165) is 38.5 Å². The summed E-state index contributed by atoms with van der Waals surface area (Å²) in [5, 5.41) is 0. The quantitative estimate of drug-likeness (QED) is 0.753. The van der Waals surface area contributed by atoms with Crippen LogP contribution in [0.15, 0.2) is 29.2 Å². The maximum atomic E-state index is 12.9. The van der Waals surface area contributed by atoms with Crippen molar-refractivity contribution in [2.75, 3.05) is 46.8 Å². The summed E-state index contributed by atoms with van der Waals surface area (Å²) in [6.07, 6.45) is 7.80. The van der Waals surface area contributed by atoms with Crippen molar-refractivity contribution in [3.63, 3.8) is 0 Å². The number of sulfonamides is 1. The molecule has 0 atom stereocenters. The molecule has 28 heavy (non-hydrogen) atoms. The second kappa shape index (κ2) is 9.37. The molecule has 0 aromatic heterocycles. The highest BCUT2D eigenvalue weighted by Gasteiger charge is 2.24. The summed E-state index contributed by atoms with van der Waals surface area (Å²) in [7, 11) is -0.460. The fourth-order valence-electron chi connectivity index (χ4n) is 4.25. The number of hydrogen-bond acceptors (Lipinski definition) is 4. The van der Waals surface area contributed by atoms with Gasteiger partial charge in [0.25, 0.3) is 5.91 Å². The summed E-state index contributed by atoms with van der Waals surface area (Å²) in [4.78, 5) is 17.5. The Balaban J connectivity index is 1.58. The summed E-state index contributed by atoms with van der Waals surface area (Å²) in [6, 6.07) is 6.30. The summed E-state index contributed by atoms with van der Waals surface area (Å²) >= 11 is 0. The lowest BCUT2D eigenvalue weighted by atomic mass is 9.89. The lowest BCUT2D eigenvalue weighted by Crippen LogP contribution is -2.37. The number of rotatable bonds is 5. The van der Waals surface area contributed by atoms with Crippen molar-refractivity contribution in [2.24, 2.45) is 5.92 Å². The molecule has 1 aromatic rings. The SMILES string of the molecule is CN(C)S(=O)(=O)c1ccc(C(=O)N2CCCN(CC3CCCCC3)CC2)cc1. The van der Waals surface area contributed by atoms with Gasteiger partial charge < -0.3 is 9.80 Å². The van der Waals surface area contributed by atoms with Crippen LogP contribution in [0.4, 0.5) is 0 Å². The zero-order chi connectivity index (χ0) is 20.1. The molecule has 0 N–H and O–H groups in total. The highest BCUT2D eigenvalue weighted by molar-refractivity contribution is 7.89. The molecular formula is C21H33N3O3S. The summed E-state index contributed by atoms with van der Waals surface area (Å²) in [5.74, 6) is 0.815. The Labute approximate surface area is 169 Å². The van der Waals surface area contributed by atoms with E-state index >= 15 is 0 Å². The molecule has 1 heterocycles. The van der Waals surface area contributed by atoms with E-state index in [-0.39, 0.29) is 10.8 Å². The van der Waals surface area contributed by atoms with Crippen LogP contribution in [0, 0.1) is 5.92 Å². The van der Waals surface area contributed by atoms with Gasteiger partial charge in [-0.15, -0.1) is 0 Å². The van der Waals surface area contributed by atoms with Gasteiger partial charge in [-0.25, -0.2) is 12.7 Å². The van der Waals surface area contributed by atoms with Gasteiger partial charge in [0.15, 0.2) is 0 Å². The Morgan fingerprint density at radius 1 is 0.964 bits per heavy atom. The second-order valence-corrected chi connectivity index (χ2v) is 10.4. The molecule has 1 saturated heterocycles. The van der Waals surface area contributed by atoms with Crippen molar-refractivity contribution in [1.82, 2.24) is 14.1 Å². The predicted molar refractivity (Wildman–Crippen MR) is 111 cm³/mol. The van der Waals surface area contributed by atoms with E-state index < -0.39 is 10.0 Å². The first-order chi connectivity index (χ1) is 13.4. The van der Waals surface area contributed by atoms with E-state index in [9.17, 15) is 13.2 Å². The molecule has 0 spiro atoms. The average Bonchev–Trinajstić information content (AvgIpc) is 2.94. The lowest BCUT2D eigenvalue weighted by molar-refractivity contribution is 0.0760. The molecular weight excluding hydrogens is 374 g/mol. The van der Waals surface area contributed by atoms with Gasteiger partial charge in [-0.2, -0.15) is 0 Å². The first-order valence-electron chi connectivity index (χ1n) is 10.4. The molecule has 1 aliphatic carbocycles. The maximum absolute atomic E-state index is 12.9. The third-order valence-electron chi connectivity index (χ3n) is 6.00. The topological polar surface area (TPSA) is 60.9 Å². The molecule has 0 radical (unpaired) electrons. The molecule has 6 nitrogen and oxygen atoms in total. The minimum atomic E-state index is -3.47. The van der Waals surface area contributed by atoms with E-state index in [4.69, 9.17) is 0 Å². The molecule has 156 valence electrons. The molecule has 7 heteroatoms. The zero-order valence-electron chi connectivity index (χ0n) is 17.1. The summed E-state index contributed by atoms with van der Waals surface area (Å²) < 4.78 is 25.5. The number of carbonyl (C=O) groups excluding carboxylic acids is 1. The fourth-order valence-corrected chi connectivity index (χ4v) is 5.16. The van der Waals surface area contributed by atoms with Crippen molar-refractivity contribution >= 4 is 15.9 Å². The summed E-state index contributed by atoms with van der Waals surface area (Å²) in [6.45, 7) is 4.65. The van der Waals surface area contributed by atoms with E-state index in [1.807, 2.05) is 4.90 Å². The Morgan fingerprint density at radius 2 is 1.64 bits per heavy atom. The zero-order valence-corrected chi connectivity index (χ0v) is 18.0. The highest BCUT2D eigenvalue weighted by atomic mass is 32.2. The van der Waals surface area contributed by atoms with Crippen molar-refractivity contribution in [3.8, 4) is 0 Å². The molecule has 1 saturated carbocycles. The first kappa shape index (κ1) is 21.3. The van der Waals surface area contributed by atoms with Gasteiger partial charge in [-0.1, -0.05) is 19.3 Å². The minimum absolute atomic E-state index is 0.00619. The van der Waals surface area contributed by atoms with Crippen LogP contribution in [0.25, 0.3) is 0 Å². The molecule has 2 aliphatic rings. The van der Waals surface area contributed by atoms with Gasteiger partial charge in [-0.3, -0.25) is 4.79 Å². The highest BCUT2D eigenvalue weighted by Crippen LogP contribution is 2.25. The standard InChI is InChI=1S/C21H33N3O3S/c1-22(2)28(26,27)20-11-9-19(10-12-20)21(25)24-14-6-13-23(15-16-24)17-18-7-4-3-5-8-18/h9-12,18H,3-8,13-17H2,1-2H3. The van der Waals surface area contributed by atoms with E-state index in [1.165, 1.54) is 69.2 Å². The van der Waals surface area contributed by atoms with Gasteiger partial charge in [0.05, 0.1) is 4.90 Å². The van der Waals surface area contributed by atoms with Gasteiger partial charge in [0.1, 0.15) is 0 Å². The van der Waals surface area contributed by atoms with Crippen LogP contribution in [0.5, 0.6) is 0 Å². The molecule has 0 bridgehead atoms. The van der Waals surface area contributed by atoms with Crippen LogP contribution in [0.1, 0.15) is 48.9 Å². The molecule has 3 rings (SSSR count). The third-order valence-corrected chi connectivity index (χ3v) is 7.83.